The summed E-state index contributed by atoms with van der Waals surface area (Å²) in [5, 5.41) is 0. The molecule has 4 fully saturated rings. The van der Waals surface area contributed by atoms with Crippen molar-refractivity contribution in [2.45, 2.75) is 58.1 Å². The van der Waals surface area contributed by atoms with E-state index >= 15 is 0 Å². The molecule has 0 N–H and O–H groups in total. The van der Waals surface area contributed by atoms with Gasteiger partial charge < -0.3 is 4.74 Å². The molecule has 0 bridgehead atoms. The Morgan fingerprint density at radius 2 is 2.00 bits per heavy atom. The highest BCUT2D eigenvalue weighted by molar-refractivity contribution is 5.08. The van der Waals surface area contributed by atoms with Crippen molar-refractivity contribution in [2.75, 3.05) is 19.7 Å². The molecule has 0 aromatic rings. The smallest absolute Gasteiger partial charge is 0.0641 e. The molecular formula is C17H29NO. The van der Waals surface area contributed by atoms with Gasteiger partial charge in [-0.25, -0.2) is 0 Å². The van der Waals surface area contributed by atoms with Gasteiger partial charge in [-0.2, -0.15) is 0 Å². The van der Waals surface area contributed by atoms with Crippen molar-refractivity contribution in [1.29, 1.82) is 0 Å². The third-order valence-corrected chi connectivity index (χ3v) is 6.81. The van der Waals surface area contributed by atoms with E-state index in [0.29, 0.717) is 6.10 Å². The van der Waals surface area contributed by atoms with Gasteiger partial charge >= 0.3 is 0 Å². The van der Waals surface area contributed by atoms with E-state index in [1.54, 1.807) is 0 Å². The lowest BCUT2D eigenvalue weighted by Crippen LogP contribution is -2.53. The summed E-state index contributed by atoms with van der Waals surface area (Å²) in [4.78, 5) is 2.87. The van der Waals surface area contributed by atoms with Crippen molar-refractivity contribution in [2.24, 2.45) is 29.6 Å². The van der Waals surface area contributed by atoms with Crippen LogP contribution in [0.3, 0.4) is 0 Å². The second kappa shape index (κ2) is 4.73. The molecule has 0 spiro atoms. The molecule has 2 nitrogen and oxygen atoms in total. The van der Waals surface area contributed by atoms with E-state index in [4.69, 9.17) is 4.74 Å². The molecule has 0 amide bonds. The van der Waals surface area contributed by atoms with Crippen molar-refractivity contribution >= 4 is 0 Å². The van der Waals surface area contributed by atoms with E-state index in [2.05, 4.69) is 18.7 Å². The zero-order chi connectivity index (χ0) is 13.0. The van der Waals surface area contributed by atoms with Gasteiger partial charge in [-0.1, -0.05) is 26.7 Å². The van der Waals surface area contributed by atoms with Gasteiger partial charge in [0, 0.05) is 12.6 Å². The highest BCUT2D eigenvalue weighted by Crippen LogP contribution is 2.54. The van der Waals surface area contributed by atoms with E-state index in [9.17, 15) is 0 Å². The average Bonchev–Trinajstić information content (AvgIpc) is 2.92. The van der Waals surface area contributed by atoms with Crippen LogP contribution in [0.4, 0.5) is 0 Å². The number of rotatable bonds is 1. The van der Waals surface area contributed by atoms with Crippen LogP contribution in [-0.4, -0.2) is 36.7 Å². The van der Waals surface area contributed by atoms with E-state index in [-0.39, 0.29) is 0 Å². The van der Waals surface area contributed by atoms with E-state index in [1.807, 2.05) is 0 Å². The Morgan fingerprint density at radius 1 is 1.11 bits per heavy atom. The van der Waals surface area contributed by atoms with Crippen LogP contribution < -0.4 is 0 Å². The standard InChI is InChI=1S/C17H29NO/c1-3-12-13-6-4-5-8-18-9-7-14(16(13)18)15-11(2)10-19-17(12)15/h11-17H,3-10H2,1-2H3/t11?,12-,13?,14?,15?,16?,17?/m1/s1. The molecule has 3 heterocycles. The maximum absolute atomic E-state index is 6.29. The van der Waals surface area contributed by atoms with Crippen molar-refractivity contribution in [1.82, 2.24) is 4.90 Å². The lowest BCUT2D eigenvalue weighted by atomic mass is 9.60. The zero-order valence-electron chi connectivity index (χ0n) is 12.6. The summed E-state index contributed by atoms with van der Waals surface area (Å²) in [6.45, 7) is 8.62. The first-order valence-corrected chi connectivity index (χ1v) is 8.67. The predicted octanol–water partition coefficient (Wildman–Crippen LogP) is 3.17. The minimum absolute atomic E-state index is 0.601. The second-order valence-electron chi connectivity index (χ2n) is 7.56. The SMILES string of the molecule is CC[C@@H]1C2CCCCN3CCC(C4C(C)COC41)C23. The first kappa shape index (κ1) is 12.6. The van der Waals surface area contributed by atoms with Gasteiger partial charge in [-0.15, -0.1) is 0 Å². The van der Waals surface area contributed by atoms with Crippen LogP contribution in [0.5, 0.6) is 0 Å². The fraction of sp³-hybridized carbons (Fsp3) is 1.00. The van der Waals surface area contributed by atoms with Gasteiger partial charge in [-0.3, -0.25) is 4.90 Å². The molecule has 7 atom stereocenters. The molecule has 3 aliphatic heterocycles. The highest BCUT2D eigenvalue weighted by atomic mass is 16.5. The Balaban J connectivity index is 1.71. The Hall–Kier alpha value is -0.0800. The molecule has 108 valence electrons. The molecule has 4 rings (SSSR count). The summed E-state index contributed by atoms with van der Waals surface area (Å²) in [5.41, 5.74) is 0. The number of nitrogens with zero attached hydrogens (tertiary/aromatic N) is 1. The average molecular weight is 263 g/mol. The first-order valence-electron chi connectivity index (χ1n) is 8.67. The van der Waals surface area contributed by atoms with E-state index in [0.717, 1.165) is 42.2 Å². The Bertz CT molecular complexity index is 344. The summed E-state index contributed by atoms with van der Waals surface area (Å²) in [6.07, 6.45) is 7.74. The van der Waals surface area contributed by atoms with Crippen LogP contribution in [-0.2, 0) is 4.74 Å². The minimum Gasteiger partial charge on any atom is -0.377 e. The van der Waals surface area contributed by atoms with Crippen molar-refractivity contribution in [3.63, 3.8) is 0 Å². The van der Waals surface area contributed by atoms with Gasteiger partial charge in [0.1, 0.15) is 0 Å². The first-order chi connectivity index (χ1) is 9.31. The largest absolute Gasteiger partial charge is 0.377 e. The summed E-state index contributed by atoms with van der Waals surface area (Å²) < 4.78 is 6.29. The van der Waals surface area contributed by atoms with E-state index < -0.39 is 0 Å². The van der Waals surface area contributed by atoms with Crippen molar-refractivity contribution in [3.8, 4) is 0 Å². The van der Waals surface area contributed by atoms with Crippen LogP contribution >= 0.6 is 0 Å². The van der Waals surface area contributed by atoms with Crippen LogP contribution in [0.15, 0.2) is 0 Å². The maximum atomic E-state index is 6.29. The van der Waals surface area contributed by atoms with Crippen LogP contribution in [0, 0.1) is 29.6 Å². The molecule has 6 unspecified atom stereocenters. The van der Waals surface area contributed by atoms with Gasteiger partial charge in [-0.05, 0) is 61.9 Å². The summed E-state index contributed by atoms with van der Waals surface area (Å²) in [5.74, 6) is 4.40. The van der Waals surface area contributed by atoms with Gasteiger partial charge in [0.25, 0.3) is 0 Å². The molecule has 0 aromatic carbocycles. The van der Waals surface area contributed by atoms with E-state index in [1.165, 1.54) is 45.2 Å². The van der Waals surface area contributed by atoms with Crippen LogP contribution in [0.2, 0.25) is 0 Å². The topological polar surface area (TPSA) is 12.5 Å². The summed E-state index contributed by atoms with van der Waals surface area (Å²) >= 11 is 0. The second-order valence-corrected chi connectivity index (χ2v) is 7.56. The predicted molar refractivity (Wildman–Crippen MR) is 77.0 cm³/mol. The number of hydrogen-bond acceptors (Lipinski definition) is 2. The Kier molecular flexibility index (Phi) is 3.15. The summed E-state index contributed by atoms with van der Waals surface area (Å²) in [7, 11) is 0. The summed E-state index contributed by atoms with van der Waals surface area (Å²) in [6, 6.07) is 0.915. The lowest BCUT2D eigenvalue weighted by molar-refractivity contribution is -0.0612. The molecule has 19 heavy (non-hydrogen) atoms. The monoisotopic (exact) mass is 263 g/mol. The molecule has 0 radical (unpaired) electrons. The lowest BCUT2D eigenvalue weighted by Gasteiger charge is -2.49. The molecule has 2 heteroatoms. The molecule has 3 saturated heterocycles. The van der Waals surface area contributed by atoms with Gasteiger partial charge in [0.15, 0.2) is 0 Å². The Morgan fingerprint density at radius 3 is 2.84 bits per heavy atom. The fourth-order valence-electron chi connectivity index (χ4n) is 6.17. The van der Waals surface area contributed by atoms with Crippen LogP contribution in [0.1, 0.15) is 46.0 Å². The molecule has 0 aromatic heterocycles. The molecule has 1 aliphatic carbocycles. The number of ether oxygens (including phenoxy) is 1. The normalized spacial score (nSPS) is 53.7. The van der Waals surface area contributed by atoms with Crippen molar-refractivity contribution in [3.05, 3.63) is 0 Å². The molecule has 4 aliphatic rings. The van der Waals surface area contributed by atoms with Gasteiger partial charge in [0.05, 0.1) is 6.10 Å². The van der Waals surface area contributed by atoms with Crippen LogP contribution in [0.25, 0.3) is 0 Å². The fourth-order valence-corrected chi connectivity index (χ4v) is 6.17. The molecule has 1 saturated carbocycles. The third-order valence-electron chi connectivity index (χ3n) is 6.81. The minimum atomic E-state index is 0.601. The zero-order valence-corrected chi connectivity index (χ0v) is 12.6. The van der Waals surface area contributed by atoms with Gasteiger partial charge in [0.2, 0.25) is 0 Å². The highest BCUT2D eigenvalue weighted by Gasteiger charge is 2.57. The van der Waals surface area contributed by atoms with Crippen molar-refractivity contribution < 1.29 is 4.74 Å². The quantitative estimate of drug-likeness (QED) is 0.720. The number of fused-ring (bicyclic) bond motifs is 2. The number of hydrogen-bond donors (Lipinski definition) is 0. The maximum Gasteiger partial charge on any atom is 0.0641 e. The molecular weight excluding hydrogens is 234 g/mol. The third kappa shape index (κ3) is 1.75. The Labute approximate surface area is 117 Å².